The molecular weight excluding hydrogens is 332 g/mol. The van der Waals surface area contributed by atoms with Gasteiger partial charge >= 0.3 is 0 Å². The Kier molecular flexibility index (Phi) is 8.70. The van der Waals surface area contributed by atoms with Gasteiger partial charge in [-0.2, -0.15) is 8.78 Å². The molecule has 0 spiro atoms. The lowest BCUT2D eigenvalue weighted by molar-refractivity contribution is 0.0947. The van der Waals surface area contributed by atoms with Crippen LogP contribution < -0.4 is 10.6 Å². The molecule has 1 aliphatic rings. The minimum Gasteiger partial charge on any atom is -0.351 e. The van der Waals surface area contributed by atoms with Crippen LogP contribution in [0.2, 0.25) is 0 Å². The van der Waals surface area contributed by atoms with Crippen molar-refractivity contribution in [1.29, 1.82) is 0 Å². The molecule has 1 heterocycles. The van der Waals surface area contributed by atoms with Crippen molar-refractivity contribution in [3.63, 3.8) is 0 Å². The van der Waals surface area contributed by atoms with E-state index in [1.807, 2.05) is 0 Å². The molecule has 0 atom stereocenters. The number of alkyl halides is 2. The van der Waals surface area contributed by atoms with Crippen molar-refractivity contribution in [2.75, 3.05) is 39.3 Å². The van der Waals surface area contributed by atoms with Crippen molar-refractivity contribution in [1.82, 2.24) is 15.5 Å². The van der Waals surface area contributed by atoms with Crippen molar-refractivity contribution in [2.24, 2.45) is 0 Å². The zero-order chi connectivity index (χ0) is 15.1. The summed E-state index contributed by atoms with van der Waals surface area (Å²) >= 11 is 0.478. The first-order valence-electron chi connectivity index (χ1n) is 6.91. The maximum Gasteiger partial charge on any atom is 0.288 e. The van der Waals surface area contributed by atoms with Gasteiger partial charge in [0.25, 0.3) is 11.7 Å². The molecule has 1 saturated heterocycles. The number of amides is 1. The summed E-state index contributed by atoms with van der Waals surface area (Å²) in [4.78, 5) is 14.7. The highest BCUT2D eigenvalue weighted by Crippen LogP contribution is 2.25. The van der Waals surface area contributed by atoms with E-state index in [1.165, 1.54) is 0 Å². The Morgan fingerprint density at radius 1 is 1.27 bits per heavy atom. The number of hydrogen-bond donors (Lipinski definition) is 2. The number of carbonyl (C=O) groups is 1. The lowest BCUT2D eigenvalue weighted by atomic mass is 10.2. The fraction of sp³-hybridized carbons (Fsp3) is 0.500. The third-order valence-electron chi connectivity index (χ3n) is 3.26. The second kappa shape index (κ2) is 9.99. The van der Waals surface area contributed by atoms with E-state index >= 15 is 0 Å². The van der Waals surface area contributed by atoms with Crippen LogP contribution in [-0.2, 0) is 0 Å². The molecule has 0 radical (unpaired) electrons. The standard InChI is InChI=1S/C14H19F2N3OS.ClH/c15-14(16)21-12-3-1-11(2-4-12)13(20)18-7-10-19-8-5-17-6-9-19;/h1-4,14,17H,5-10H2,(H,18,20);1H. The van der Waals surface area contributed by atoms with Crippen LogP contribution in [0.15, 0.2) is 29.2 Å². The second-order valence-electron chi connectivity index (χ2n) is 4.75. The van der Waals surface area contributed by atoms with Crippen LogP contribution in [0, 0.1) is 0 Å². The Labute approximate surface area is 139 Å². The Bertz CT molecular complexity index is 456. The van der Waals surface area contributed by atoms with Gasteiger partial charge in [0.05, 0.1) is 0 Å². The third kappa shape index (κ3) is 6.48. The van der Waals surface area contributed by atoms with Gasteiger partial charge in [-0.05, 0) is 24.3 Å². The average Bonchev–Trinajstić information content (AvgIpc) is 2.48. The van der Waals surface area contributed by atoms with Gasteiger partial charge in [-0.15, -0.1) is 12.4 Å². The molecule has 1 aliphatic heterocycles. The molecule has 0 saturated carbocycles. The first-order chi connectivity index (χ1) is 10.1. The molecule has 22 heavy (non-hydrogen) atoms. The summed E-state index contributed by atoms with van der Waals surface area (Å²) in [5, 5.41) is 6.12. The van der Waals surface area contributed by atoms with Gasteiger partial charge in [-0.25, -0.2) is 0 Å². The Balaban J connectivity index is 0.00000242. The van der Waals surface area contributed by atoms with Crippen LogP contribution >= 0.6 is 24.2 Å². The molecule has 4 nitrogen and oxygen atoms in total. The van der Waals surface area contributed by atoms with Gasteiger partial charge in [-0.3, -0.25) is 9.69 Å². The van der Waals surface area contributed by atoms with Crippen molar-refractivity contribution >= 4 is 30.1 Å². The van der Waals surface area contributed by atoms with Crippen molar-refractivity contribution in [2.45, 2.75) is 10.7 Å². The lowest BCUT2D eigenvalue weighted by Gasteiger charge is -2.27. The molecular formula is C14H20ClF2N3OS. The first kappa shape index (κ1) is 19.2. The van der Waals surface area contributed by atoms with Gasteiger partial charge in [0, 0.05) is 49.7 Å². The molecule has 0 aliphatic carbocycles. The minimum absolute atomic E-state index is 0. The van der Waals surface area contributed by atoms with Crippen LogP contribution in [0.1, 0.15) is 10.4 Å². The number of nitrogens with one attached hydrogen (secondary N) is 2. The highest BCUT2D eigenvalue weighted by atomic mass is 35.5. The Hall–Kier alpha value is -0.890. The Morgan fingerprint density at radius 3 is 2.50 bits per heavy atom. The van der Waals surface area contributed by atoms with E-state index in [1.54, 1.807) is 24.3 Å². The normalized spacial score (nSPS) is 15.4. The fourth-order valence-electron chi connectivity index (χ4n) is 2.15. The summed E-state index contributed by atoms with van der Waals surface area (Å²) in [5.74, 6) is -2.61. The van der Waals surface area contributed by atoms with Gasteiger partial charge in [0.2, 0.25) is 0 Å². The quantitative estimate of drug-likeness (QED) is 0.770. The number of piperazine rings is 1. The number of nitrogens with zero attached hydrogens (tertiary/aromatic N) is 1. The van der Waals surface area contributed by atoms with Crippen molar-refractivity contribution in [3.05, 3.63) is 29.8 Å². The van der Waals surface area contributed by atoms with Crippen LogP contribution in [0.25, 0.3) is 0 Å². The molecule has 124 valence electrons. The van der Waals surface area contributed by atoms with E-state index in [4.69, 9.17) is 0 Å². The fourth-order valence-corrected chi connectivity index (χ4v) is 2.65. The van der Waals surface area contributed by atoms with E-state index in [2.05, 4.69) is 15.5 Å². The SMILES string of the molecule is Cl.O=C(NCCN1CCNCC1)c1ccc(SC(F)F)cc1. The highest BCUT2D eigenvalue weighted by molar-refractivity contribution is 7.99. The number of halogens is 3. The third-order valence-corrected chi connectivity index (χ3v) is 3.99. The molecule has 8 heteroatoms. The van der Waals surface area contributed by atoms with Gasteiger partial charge in [0.15, 0.2) is 0 Å². The molecule has 0 unspecified atom stereocenters. The zero-order valence-corrected chi connectivity index (χ0v) is 13.7. The predicted molar refractivity (Wildman–Crippen MR) is 87.2 cm³/mol. The van der Waals surface area contributed by atoms with Gasteiger partial charge < -0.3 is 10.6 Å². The first-order valence-corrected chi connectivity index (χ1v) is 7.79. The van der Waals surface area contributed by atoms with E-state index < -0.39 is 5.76 Å². The maximum absolute atomic E-state index is 12.2. The largest absolute Gasteiger partial charge is 0.351 e. The zero-order valence-electron chi connectivity index (χ0n) is 12.1. The predicted octanol–water partition coefficient (Wildman–Crippen LogP) is 2.06. The second-order valence-corrected chi connectivity index (χ2v) is 5.81. The summed E-state index contributed by atoms with van der Waals surface area (Å²) in [7, 11) is 0. The lowest BCUT2D eigenvalue weighted by Crippen LogP contribution is -2.46. The van der Waals surface area contributed by atoms with Gasteiger partial charge in [-0.1, -0.05) is 11.8 Å². The smallest absolute Gasteiger partial charge is 0.288 e. The van der Waals surface area contributed by atoms with Crippen LogP contribution in [0.5, 0.6) is 0 Å². The minimum atomic E-state index is -2.44. The number of hydrogen-bond acceptors (Lipinski definition) is 4. The summed E-state index contributed by atoms with van der Waals surface area (Å²) in [5.41, 5.74) is 0.494. The maximum atomic E-state index is 12.2. The summed E-state index contributed by atoms with van der Waals surface area (Å²) in [6.45, 7) is 5.37. The Morgan fingerprint density at radius 2 is 1.91 bits per heavy atom. The monoisotopic (exact) mass is 351 g/mol. The van der Waals surface area contributed by atoms with Crippen LogP contribution in [0.3, 0.4) is 0 Å². The van der Waals surface area contributed by atoms with E-state index in [0.717, 1.165) is 32.7 Å². The van der Waals surface area contributed by atoms with E-state index in [-0.39, 0.29) is 18.3 Å². The molecule has 1 aromatic carbocycles. The molecule has 0 aromatic heterocycles. The molecule has 2 rings (SSSR count). The molecule has 2 N–H and O–H groups in total. The van der Waals surface area contributed by atoms with Crippen molar-refractivity contribution < 1.29 is 13.6 Å². The summed E-state index contributed by atoms with van der Waals surface area (Å²) in [6, 6.07) is 6.24. The number of carbonyl (C=O) groups excluding carboxylic acids is 1. The van der Waals surface area contributed by atoms with Crippen LogP contribution in [-0.4, -0.2) is 55.8 Å². The molecule has 1 amide bonds. The molecule has 1 aromatic rings. The summed E-state index contributed by atoms with van der Waals surface area (Å²) in [6.07, 6.45) is 0. The number of rotatable bonds is 6. The number of benzene rings is 1. The highest BCUT2D eigenvalue weighted by Gasteiger charge is 2.11. The molecule has 1 fully saturated rings. The average molecular weight is 352 g/mol. The number of thioether (sulfide) groups is 1. The van der Waals surface area contributed by atoms with E-state index in [0.29, 0.717) is 28.8 Å². The summed E-state index contributed by atoms with van der Waals surface area (Å²) < 4.78 is 24.4. The van der Waals surface area contributed by atoms with Crippen LogP contribution in [0.4, 0.5) is 8.78 Å². The van der Waals surface area contributed by atoms with Gasteiger partial charge in [0.1, 0.15) is 0 Å². The van der Waals surface area contributed by atoms with E-state index in [9.17, 15) is 13.6 Å². The topological polar surface area (TPSA) is 44.4 Å². The van der Waals surface area contributed by atoms with Crippen molar-refractivity contribution in [3.8, 4) is 0 Å². The molecule has 0 bridgehead atoms.